The summed E-state index contributed by atoms with van der Waals surface area (Å²) in [6.07, 6.45) is -8.68. The second kappa shape index (κ2) is 10.0. The Morgan fingerprint density at radius 1 is 0.892 bits per heavy atom. The predicted molar refractivity (Wildman–Crippen MR) is 117 cm³/mol. The molecule has 2 aromatic rings. The first-order chi connectivity index (χ1) is 17.5. The van der Waals surface area contributed by atoms with Crippen molar-refractivity contribution in [1.82, 2.24) is 0 Å². The number of hydrogen-bond acceptors (Lipinski definition) is 13. The molecule has 198 valence electrons. The summed E-state index contributed by atoms with van der Waals surface area (Å²) in [5.74, 6) is -5.31. The van der Waals surface area contributed by atoms with Gasteiger partial charge in [0.05, 0.1) is 5.56 Å². The number of ether oxygens (including phenoxy) is 4. The number of carbonyl (C=O) groups excluding carboxylic acids is 1. The maximum absolute atomic E-state index is 11.3. The summed E-state index contributed by atoms with van der Waals surface area (Å²) < 4.78 is 21.5. The van der Waals surface area contributed by atoms with Gasteiger partial charge in [0.2, 0.25) is 6.29 Å². The highest BCUT2D eigenvalue weighted by molar-refractivity contribution is 6.28. The van der Waals surface area contributed by atoms with E-state index in [0.717, 1.165) is 12.1 Å². The summed E-state index contributed by atoms with van der Waals surface area (Å²) in [4.78, 5) is 21.9. The Bertz CT molecular complexity index is 1240. The molecule has 0 saturated carbocycles. The van der Waals surface area contributed by atoms with Crippen LogP contribution < -0.4 is 4.74 Å². The average molecular weight is 522 g/mol. The standard InChI is InChI=1S/C23H22O14/c24-9-4-12(26)10-6-15(20(35-14(10)5-9)8-1-2-11(25)13(27)3-8)36-23-19(30)18(29)17(28)16(37-23)7-34-22(33)21(31)32/h1-6,16-20,23-30H,7H2,(H,31,32)/t16-,17-,18-,19+,20?,23-/m1/s1. The molecule has 4 rings (SSSR count). The van der Waals surface area contributed by atoms with E-state index in [0.29, 0.717) is 0 Å². The molecule has 2 aromatic carbocycles. The van der Waals surface area contributed by atoms with Crippen LogP contribution in [0.1, 0.15) is 17.2 Å². The number of phenols is 4. The van der Waals surface area contributed by atoms with Crippen LogP contribution in [0.25, 0.3) is 6.08 Å². The number of aromatic hydroxyl groups is 4. The second-order valence-corrected chi connectivity index (χ2v) is 8.21. The van der Waals surface area contributed by atoms with Crippen LogP contribution in [0.15, 0.2) is 36.1 Å². The number of aliphatic carboxylic acids is 1. The Labute approximate surface area is 207 Å². The third-order valence-electron chi connectivity index (χ3n) is 5.67. The minimum absolute atomic E-state index is 0.0152. The van der Waals surface area contributed by atoms with Gasteiger partial charge >= 0.3 is 11.9 Å². The zero-order valence-corrected chi connectivity index (χ0v) is 18.7. The largest absolute Gasteiger partial charge is 0.508 e. The van der Waals surface area contributed by atoms with Crippen LogP contribution in [-0.4, -0.2) is 90.1 Å². The lowest BCUT2D eigenvalue weighted by Gasteiger charge is -2.41. The van der Waals surface area contributed by atoms with E-state index < -0.39 is 72.6 Å². The number of aliphatic hydroxyl groups excluding tert-OH is 3. The SMILES string of the molecule is O=C(O)C(=O)OC[C@H]1O[C@@H](OC2=Cc3c(O)cc(O)cc3OC2c2ccc(O)c(O)c2)[C@@H](O)[C@H](O)[C@@H]1O. The van der Waals surface area contributed by atoms with Gasteiger partial charge < -0.3 is 59.8 Å². The third-order valence-corrected chi connectivity index (χ3v) is 5.67. The minimum Gasteiger partial charge on any atom is -0.508 e. The molecular formula is C23H22O14. The van der Waals surface area contributed by atoms with Crippen molar-refractivity contribution in [3.63, 3.8) is 0 Å². The van der Waals surface area contributed by atoms with Crippen molar-refractivity contribution in [3.05, 3.63) is 47.2 Å². The molecule has 0 amide bonds. The van der Waals surface area contributed by atoms with E-state index in [1.165, 1.54) is 24.3 Å². The van der Waals surface area contributed by atoms with Gasteiger partial charge in [-0.3, -0.25) is 0 Å². The molecule has 0 radical (unpaired) electrons. The Morgan fingerprint density at radius 3 is 2.30 bits per heavy atom. The first-order valence-corrected chi connectivity index (χ1v) is 10.7. The first-order valence-electron chi connectivity index (χ1n) is 10.7. The molecule has 0 bridgehead atoms. The lowest BCUT2D eigenvalue weighted by Crippen LogP contribution is -2.59. The van der Waals surface area contributed by atoms with Gasteiger partial charge in [0.25, 0.3) is 0 Å². The molecule has 2 aliphatic heterocycles. The number of carbonyl (C=O) groups is 2. The van der Waals surface area contributed by atoms with E-state index >= 15 is 0 Å². The Hall–Kier alpha value is -4.24. The van der Waals surface area contributed by atoms with Crippen LogP contribution >= 0.6 is 0 Å². The Kier molecular flexibility index (Phi) is 7.00. The molecule has 0 aliphatic carbocycles. The fourth-order valence-electron chi connectivity index (χ4n) is 3.78. The molecule has 14 nitrogen and oxygen atoms in total. The molecule has 2 aliphatic rings. The quantitative estimate of drug-likeness (QED) is 0.140. The molecular weight excluding hydrogens is 500 g/mol. The lowest BCUT2D eigenvalue weighted by atomic mass is 9.98. The van der Waals surface area contributed by atoms with Crippen molar-refractivity contribution < 1.29 is 69.4 Å². The van der Waals surface area contributed by atoms with Gasteiger partial charge in [0, 0.05) is 17.7 Å². The van der Waals surface area contributed by atoms with Crippen LogP contribution in [0, 0.1) is 0 Å². The van der Waals surface area contributed by atoms with Crippen molar-refractivity contribution in [2.24, 2.45) is 0 Å². The van der Waals surface area contributed by atoms with Gasteiger partial charge in [-0.2, -0.15) is 0 Å². The minimum atomic E-state index is -1.90. The van der Waals surface area contributed by atoms with Gasteiger partial charge in [0.1, 0.15) is 54.0 Å². The van der Waals surface area contributed by atoms with Crippen molar-refractivity contribution in [2.75, 3.05) is 6.61 Å². The molecule has 1 unspecified atom stereocenters. The molecule has 37 heavy (non-hydrogen) atoms. The molecule has 1 fully saturated rings. The topological polar surface area (TPSA) is 233 Å². The van der Waals surface area contributed by atoms with Crippen LogP contribution in [0.4, 0.5) is 0 Å². The van der Waals surface area contributed by atoms with Gasteiger partial charge in [0.15, 0.2) is 17.6 Å². The molecule has 14 heteroatoms. The monoisotopic (exact) mass is 522 g/mol. The first kappa shape index (κ1) is 25.8. The van der Waals surface area contributed by atoms with Crippen LogP contribution in [0.2, 0.25) is 0 Å². The van der Waals surface area contributed by atoms with E-state index in [1.54, 1.807) is 0 Å². The highest BCUT2D eigenvalue weighted by atomic mass is 16.7. The number of esters is 1. The molecule has 0 spiro atoms. The van der Waals surface area contributed by atoms with Gasteiger partial charge in [-0.25, -0.2) is 9.59 Å². The number of carboxylic acids is 1. The summed E-state index contributed by atoms with van der Waals surface area (Å²) >= 11 is 0. The fourth-order valence-corrected chi connectivity index (χ4v) is 3.78. The van der Waals surface area contributed by atoms with E-state index in [1.807, 2.05) is 0 Å². The summed E-state index contributed by atoms with van der Waals surface area (Å²) in [7, 11) is 0. The van der Waals surface area contributed by atoms with E-state index in [2.05, 4.69) is 4.74 Å². The predicted octanol–water partition coefficient (Wildman–Crippen LogP) is -0.564. The van der Waals surface area contributed by atoms with Crippen molar-refractivity contribution >= 4 is 18.0 Å². The highest BCUT2D eigenvalue weighted by Gasteiger charge is 2.46. The smallest absolute Gasteiger partial charge is 0.417 e. The van der Waals surface area contributed by atoms with Crippen molar-refractivity contribution in [3.8, 4) is 28.7 Å². The van der Waals surface area contributed by atoms with Crippen molar-refractivity contribution in [2.45, 2.75) is 36.8 Å². The lowest BCUT2D eigenvalue weighted by molar-refractivity contribution is -0.294. The molecule has 1 saturated heterocycles. The summed E-state index contributed by atoms with van der Waals surface area (Å²) in [6, 6.07) is 5.92. The van der Waals surface area contributed by atoms with Crippen LogP contribution in [0.3, 0.4) is 0 Å². The zero-order valence-electron chi connectivity index (χ0n) is 18.7. The van der Waals surface area contributed by atoms with Gasteiger partial charge in [-0.15, -0.1) is 0 Å². The summed E-state index contributed by atoms with van der Waals surface area (Å²) in [5, 5.41) is 79.3. The van der Waals surface area contributed by atoms with E-state index in [4.69, 9.17) is 19.3 Å². The molecule has 0 aromatic heterocycles. The maximum atomic E-state index is 11.3. The van der Waals surface area contributed by atoms with Crippen LogP contribution in [0.5, 0.6) is 28.7 Å². The third kappa shape index (κ3) is 5.17. The Balaban J connectivity index is 1.66. The van der Waals surface area contributed by atoms with Crippen molar-refractivity contribution in [1.29, 1.82) is 0 Å². The zero-order chi connectivity index (χ0) is 27.0. The van der Waals surface area contributed by atoms with Gasteiger partial charge in [-0.05, 0) is 18.2 Å². The average Bonchev–Trinajstić information content (AvgIpc) is 2.84. The number of rotatable bonds is 5. The normalized spacial score (nSPS) is 26.8. The number of carboxylic acid groups (broad SMARTS) is 1. The Morgan fingerprint density at radius 2 is 1.62 bits per heavy atom. The van der Waals surface area contributed by atoms with E-state index in [-0.39, 0.29) is 28.4 Å². The number of phenolic OH excluding ortho intramolecular Hbond substituents is 4. The maximum Gasteiger partial charge on any atom is 0.417 e. The molecule has 6 atom stereocenters. The number of fused-ring (bicyclic) bond motifs is 1. The fraction of sp³-hybridized carbons (Fsp3) is 0.304. The molecule has 2 heterocycles. The molecule has 8 N–H and O–H groups in total. The van der Waals surface area contributed by atoms with Gasteiger partial charge in [-0.1, -0.05) is 6.07 Å². The summed E-state index contributed by atoms with van der Waals surface area (Å²) in [5.41, 5.74) is 0.276. The highest BCUT2D eigenvalue weighted by Crippen LogP contribution is 2.45. The summed E-state index contributed by atoms with van der Waals surface area (Å²) in [6.45, 7) is -0.802. The second-order valence-electron chi connectivity index (χ2n) is 8.21. The number of hydrogen-bond donors (Lipinski definition) is 8. The number of benzene rings is 2. The van der Waals surface area contributed by atoms with E-state index in [9.17, 15) is 45.3 Å². The van der Waals surface area contributed by atoms with Crippen LogP contribution in [-0.2, 0) is 23.8 Å². The number of aliphatic hydroxyl groups is 3.